The minimum atomic E-state index is -0.471. The molecule has 0 radical (unpaired) electrons. The third kappa shape index (κ3) is 5.62. The fourth-order valence-electron chi connectivity index (χ4n) is 2.97. The van der Waals surface area contributed by atoms with Crippen molar-refractivity contribution in [3.63, 3.8) is 0 Å². The number of ether oxygens (including phenoxy) is 3. The van der Waals surface area contributed by atoms with Crippen LogP contribution >= 0.6 is 0 Å². The van der Waals surface area contributed by atoms with Crippen molar-refractivity contribution in [2.24, 2.45) is 0 Å². The van der Waals surface area contributed by atoms with E-state index in [1.54, 1.807) is 7.11 Å². The quantitative estimate of drug-likeness (QED) is 0.497. The maximum Gasteiger partial charge on any atom is 0.161 e. The van der Waals surface area contributed by atoms with Gasteiger partial charge in [0.25, 0.3) is 0 Å². The Balaban J connectivity index is 1.33. The molecule has 0 saturated heterocycles. The summed E-state index contributed by atoms with van der Waals surface area (Å²) in [6.45, 7) is 2.10. The number of aliphatic hydroxyl groups is 1. The van der Waals surface area contributed by atoms with Gasteiger partial charge in [-0.2, -0.15) is 0 Å². The molecule has 0 heterocycles. The fourth-order valence-corrected chi connectivity index (χ4v) is 2.97. The van der Waals surface area contributed by atoms with E-state index < -0.39 is 6.10 Å². The number of fused-ring (bicyclic) bond motifs is 1. The van der Waals surface area contributed by atoms with Crippen LogP contribution in [0.25, 0.3) is 10.8 Å². The molecule has 28 heavy (non-hydrogen) atoms. The van der Waals surface area contributed by atoms with E-state index >= 15 is 0 Å². The Morgan fingerprint density at radius 2 is 1.50 bits per heavy atom. The maximum atomic E-state index is 10.1. The van der Waals surface area contributed by atoms with E-state index in [2.05, 4.69) is 17.4 Å². The molecule has 0 amide bonds. The summed E-state index contributed by atoms with van der Waals surface area (Å²) >= 11 is 0. The Bertz CT molecular complexity index is 863. The summed E-state index contributed by atoms with van der Waals surface area (Å²) < 4.78 is 16.8. The zero-order chi connectivity index (χ0) is 19.6. The number of aliphatic hydroxyl groups excluding tert-OH is 1. The molecule has 0 aromatic heterocycles. The number of hydrogen-bond donors (Lipinski definition) is 2. The maximum absolute atomic E-state index is 10.1. The topological polar surface area (TPSA) is 60.0 Å². The molecule has 0 bridgehead atoms. The van der Waals surface area contributed by atoms with Gasteiger partial charge < -0.3 is 24.6 Å². The van der Waals surface area contributed by atoms with Gasteiger partial charge >= 0.3 is 0 Å². The second kappa shape index (κ2) is 10.5. The van der Waals surface area contributed by atoms with E-state index in [1.165, 1.54) is 0 Å². The summed E-state index contributed by atoms with van der Waals surface area (Å²) in [5, 5.41) is 15.6. The minimum Gasteiger partial charge on any atom is -0.493 e. The average Bonchev–Trinajstić information content (AvgIpc) is 2.74. The minimum absolute atomic E-state index is 0.467. The molecule has 0 fully saturated rings. The van der Waals surface area contributed by atoms with Crippen LogP contribution in [-0.2, 0) is 0 Å². The highest BCUT2D eigenvalue weighted by atomic mass is 16.5. The molecule has 5 nitrogen and oxygen atoms in total. The monoisotopic (exact) mass is 381 g/mol. The summed E-state index contributed by atoms with van der Waals surface area (Å²) in [4.78, 5) is 0. The SMILES string of the molecule is COc1ccccc1OCCNCC(O)CCOc1cccc2ccccc12. The second-order valence-corrected chi connectivity index (χ2v) is 6.47. The lowest BCUT2D eigenvalue weighted by Gasteiger charge is -2.14. The van der Waals surface area contributed by atoms with E-state index in [9.17, 15) is 5.11 Å². The summed E-state index contributed by atoms with van der Waals surface area (Å²) in [7, 11) is 1.62. The third-order valence-electron chi connectivity index (χ3n) is 4.44. The van der Waals surface area contributed by atoms with Crippen LogP contribution in [0.4, 0.5) is 0 Å². The number of nitrogens with one attached hydrogen (secondary N) is 1. The first kappa shape index (κ1) is 20.0. The van der Waals surface area contributed by atoms with Gasteiger partial charge in [0, 0.05) is 24.9 Å². The van der Waals surface area contributed by atoms with Gasteiger partial charge in [0.15, 0.2) is 11.5 Å². The zero-order valence-electron chi connectivity index (χ0n) is 16.1. The molecule has 0 saturated carbocycles. The van der Waals surface area contributed by atoms with Crippen molar-refractivity contribution in [2.45, 2.75) is 12.5 Å². The first-order valence-electron chi connectivity index (χ1n) is 9.53. The van der Waals surface area contributed by atoms with Gasteiger partial charge in [-0.15, -0.1) is 0 Å². The molecule has 0 aliphatic heterocycles. The molecular weight excluding hydrogens is 354 g/mol. The van der Waals surface area contributed by atoms with Gasteiger partial charge in [-0.3, -0.25) is 0 Å². The molecule has 0 spiro atoms. The van der Waals surface area contributed by atoms with Crippen molar-refractivity contribution in [3.8, 4) is 17.2 Å². The molecule has 148 valence electrons. The van der Waals surface area contributed by atoms with Crippen LogP contribution < -0.4 is 19.5 Å². The van der Waals surface area contributed by atoms with E-state index in [0.29, 0.717) is 38.5 Å². The lowest BCUT2D eigenvalue weighted by Crippen LogP contribution is -2.31. The zero-order valence-corrected chi connectivity index (χ0v) is 16.1. The first-order valence-corrected chi connectivity index (χ1v) is 9.53. The standard InChI is InChI=1S/C23H27NO4/c1-26-22-10-4-5-11-23(22)28-16-14-24-17-19(25)13-15-27-21-12-6-8-18-7-2-3-9-20(18)21/h2-12,19,24-25H,13-17H2,1H3. The smallest absolute Gasteiger partial charge is 0.161 e. The third-order valence-corrected chi connectivity index (χ3v) is 4.44. The van der Waals surface area contributed by atoms with Gasteiger partial charge in [-0.25, -0.2) is 0 Å². The predicted octanol–water partition coefficient (Wildman–Crippen LogP) is 3.65. The first-order chi connectivity index (χ1) is 13.8. The van der Waals surface area contributed by atoms with E-state index in [0.717, 1.165) is 22.3 Å². The van der Waals surface area contributed by atoms with Crippen LogP contribution in [0.5, 0.6) is 17.2 Å². The Morgan fingerprint density at radius 3 is 2.36 bits per heavy atom. The van der Waals surface area contributed by atoms with Crippen LogP contribution in [0.3, 0.4) is 0 Å². The number of hydrogen-bond acceptors (Lipinski definition) is 5. The number of benzene rings is 3. The van der Waals surface area contributed by atoms with E-state index in [4.69, 9.17) is 14.2 Å². The van der Waals surface area contributed by atoms with Gasteiger partial charge in [0.1, 0.15) is 12.4 Å². The molecule has 1 atom stereocenters. The van der Waals surface area contributed by atoms with Crippen molar-refractivity contribution in [2.75, 3.05) is 33.4 Å². The number of para-hydroxylation sites is 2. The lowest BCUT2D eigenvalue weighted by molar-refractivity contribution is 0.136. The summed E-state index contributed by atoms with van der Waals surface area (Å²) in [6.07, 6.45) is 0.0880. The molecular formula is C23H27NO4. The average molecular weight is 381 g/mol. The highest BCUT2D eigenvalue weighted by Gasteiger charge is 2.07. The highest BCUT2D eigenvalue weighted by molar-refractivity contribution is 5.88. The fraction of sp³-hybridized carbons (Fsp3) is 0.304. The van der Waals surface area contributed by atoms with E-state index in [1.807, 2.05) is 54.6 Å². The number of methoxy groups -OCH3 is 1. The van der Waals surface area contributed by atoms with Crippen molar-refractivity contribution in [1.29, 1.82) is 0 Å². The van der Waals surface area contributed by atoms with Crippen molar-refractivity contribution in [3.05, 3.63) is 66.7 Å². The lowest BCUT2D eigenvalue weighted by atomic mass is 10.1. The van der Waals surface area contributed by atoms with Crippen LogP contribution in [-0.4, -0.2) is 44.6 Å². The molecule has 2 N–H and O–H groups in total. The Morgan fingerprint density at radius 1 is 0.821 bits per heavy atom. The molecule has 0 aliphatic carbocycles. The van der Waals surface area contributed by atoms with E-state index in [-0.39, 0.29) is 0 Å². The Hall–Kier alpha value is -2.76. The molecule has 3 aromatic rings. The molecule has 3 aromatic carbocycles. The van der Waals surface area contributed by atoms with Crippen molar-refractivity contribution >= 4 is 10.8 Å². The Kier molecular flexibility index (Phi) is 7.53. The van der Waals surface area contributed by atoms with Gasteiger partial charge in [-0.1, -0.05) is 48.5 Å². The largest absolute Gasteiger partial charge is 0.493 e. The summed E-state index contributed by atoms with van der Waals surface area (Å²) in [5.41, 5.74) is 0. The van der Waals surface area contributed by atoms with Crippen molar-refractivity contribution < 1.29 is 19.3 Å². The Labute approximate surface area is 165 Å². The van der Waals surface area contributed by atoms with Gasteiger partial charge in [-0.05, 0) is 23.6 Å². The summed E-state index contributed by atoms with van der Waals surface area (Å²) in [5.74, 6) is 2.28. The normalized spacial score (nSPS) is 11.9. The highest BCUT2D eigenvalue weighted by Crippen LogP contribution is 2.26. The second-order valence-electron chi connectivity index (χ2n) is 6.47. The van der Waals surface area contributed by atoms with Crippen LogP contribution in [0.15, 0.2) is 66.7 Å². The van der Waals surface area contributed by atoms with Crippen LogP contribution in [0, 0.1) is 0 Å². The number of rotatable bonds is 11. The van der Waals surface area contributed by atoms with Crippen LogP contribution in [0.2, 0.25) is 0 Å². The van der Waals surface area contributed by atoms with Gasteiger partial charge in [0.05, 0.1) is 19.8 Å². The predicted molar refractivity (Wildman–Crippen MR) is 111 cm³/mol. The van der Waals surface area contributed by atoms with Gasteiger partial charge in [0.2, 0.25) is 0 Å². The van der Waals surface area contributed by atoms with Crippen molar-refractivity contribution in [1.82, 2.24) is 5.32 Å². The molecule has 3 rings (SSSR count). The summed E-state index contributed by atoms with van der Waals surface area (Å²) in [6, 6.07) is 21.7. The molecule has 1 unspecified atom stereocenters. The van der Waals surface area contributed by atoms with Crippen LogP contribution in [0.1, 0.15) is 6.42 Å². The molecule has 0 aliphatic rings. The molecule has 5 heteroatoms.